The third-order valence-electron chi connectivity index (χ3n) is 7.95. The summed E-state index contributed by atoms with van der Waals surface area (Å²) >= 11 is 0. The molecule has 3 aromatic carbocycles. The van der Waals surface area contributed by atoms with Gasteiger partial charge in [0.25, 0.3) is 18.4 Å². The average molecular weight is 597 g/mol. The summed E-state index contributed by atoms with van der Waals surface area (Å²) < 4.78 is 58.9. The number of aryl methyl sites for hydroxylation is 1. The average Bonchev–Trinajstić information content (AvgIpc) is 3.28. The molecule has 41 heavy (non-hydrogen) atoms. The molecule has 2 heterocycles. The van der Waals surface area contributed by atoms with Gasteiger partial charge in [-0.1, -0.05) is 99.1 Å². The maximum absolute atomic E-state index is 13.5. The summed E-state index contributed by atoms with van der Waals surface area (Å²) in [5, 5.41) is 1.95. The van der Waals surface area contributed by atoms with E-state index in [9.17, 15) is 8.42 Å². The molecule has 0 bridgehead atoms. The smallest absolute Gasteiger partial charge is 0.297 e. The number of fused-ring (bicyclic) bond motifs is 1. The van der Waals surface area contributed by atoms with E-state index in [2.05, 4.69) is 45.0 Å². The Bertz CT molecular complexity index is 1410. The van der Waals surface area contributed by atoms with Gasteiger partial charge >= 0.3 is 0 Å². The van der Waals surface area contributed by atoms with Gasteiger partial charge < -0.3 is 18.6 Å². The maximum Gasteiger partial charge on any atom is 0.297 e. The van der Waals surface area contributed by atoms with E-state index in [4.69, 9.17) is 22.8 Å². The Kier molecular flexibility index (Phi) is 7.87. The molecule has 5 rings (SSSR count). The quantitative estimate of drug-likeness (QED) is 0.270. The van der Waals surface area contributed by atoms with E-state index in [1.807, 2.05) is 43.3 Å². The summed E-state index contributed by atoms with van der Waals surface area (Å²) in [7, 11) is -7.08. The van der Waals surface area contributed by atoms with Crippen molar-refractivity contribution in [2.75, 3.05) is 6.61 Å². The number of hydrogen-bond acceptors (Lipinski definition) is 7. The second-order valence-corrected chi connectivity index (χ2v) is 18.4. The van der Waals surface area contributed by atoms with Crippen LogP contribution in [0.2, 0.25) is 5.04 Å². The molecule has 3 aromatic rings. The normalized spacial score (nSPS) is 26.2. The summed E-state index contributed by atoms with van der Waals surface area (Å²) in [6.07, 6.45) is -2.62. The molecule has 9 heteroatoms. The SMILES string of the molecule is Cc1ccc(S(=O)(=O)O[C@@H]2[C@@H](CO[Si](c3ccccc3)(c3ccccc3)C(C)(C)C)O[C@@H]3OC(C)(C)O[C@@]32C)cc1. The molecule has 0 saturated carbocycles. The zero-order valence-corrected chi connectivity index (χ0v) is 26.6. The van der Waals surface area contributed by atoms with Crippen molar-refractivity contribution in [1.82, 2.24) is 0 Å². The highest BCUT2D eigenvalue weighted by Crippen LogP contribution is 2.48. The summed E-state index contributed by atoms with van der Waals surface area (Å²) in [4.78, 5) is 0.0694. The lowest BCUT2D eigenvalue weighted by Crippen LogP contribution is -2.67. The Morgan fingerprint density at radius 3 is 1.90 bits per heavy atom. The van der Waals surface area contributed by atoms with Gasteiger partial charge in [-0.15, -0.1) is 0 Å². The van der Waals surface area contributed by atoms with Crippen molar-refractivity contribution in [3.8, 4) is 0 Å². The lowest BCUT2D eigenvalue weighted by atomic mass is 9.98. The van der Waals surface area contributed by atoms with Gasteiger partial charge in [0.2, 0.25) is 0 Å². The van der Waals surface area contributed by atoms with Crippen LogP contribution in [0.1, 0.15) is 47.1 Å². The zero-order chi connectivity index (χ0) is 29.7. The molecule has 2 aliphatic heterocycles. The van der Waals surface area contributed by atoms with Gasteiger partial charge in [0.1, 0.15) is 17.8 Å². The van der Waals surface area contributed by atoms with Gasteiger partial charge in [0, 0.05) is 0 Å². The lowest BCUT2D eigenvalue weighted by molar-refractivity contribution is -0.219. The fourth-order valence-electron chi connectivity index (χ4n) is 6.08. The van der Waals surface area contributed by atoms with Crippen molar-refractivity contribution >= 4 is 28.8 Å². The van der Waals surface area contributed by atoms with E-state index in [1.54, 1.807) is 45.0 Å². The lowest BCUT2D eigenvalue weighted by Gasteiger charge is -2.43. The highest BCUT2D eigenvalue weighted by atomic mass is 32.2. The van der Waals surface area contributed by atoms with Crippen LogP contribution in [0.25, 0.3) is 0 Å². The summed E-state index contributed by atoms with van der Waals surface area (Å²) in [5.74, 6) is -0.974. The molecule has 0 amide bonds. The molecule has 0 spiro atoms. The fourth-order valence-corrected chi connectivity index (χ4v) is 11.8. The van der Waals surface area contributed by atoms with Gasteiger partial charge in [-0.25, -0.2) is 0 Å². The fraction of sp³-hybridized carbons (Fsp3) is 0.438. The standard InChI is InChI=1S/C32H40O7SSi/c1-23-18-20-24(21-19-23)40(33,34)38-28-27(36-29-32(28,7)39-31(5,6)37-29)22-35-41(30(2,3)4,25-14-10-8-11-15-25)26-16-12-9-13-17-26/h8-21,27-29H,22H2,1-7H3/t27-,28-,29-,32-/m1/s1. The molecular weight excluding hydrogens is 556 g/mol. The summed E-state index contributed by atoms with van der Waals surface area (Å²) in [5.41, 5.74) is -0.230. The summed E-state index contributed by atoms with van der Waals surface area (Å²) in [6.45, 7) is 13.9. The van der Waals surface area contributed by atoms with E-state index in [0.717, 1.165) is 15.9 Å². The van der Waals surface area contributed by atoms with Gasteiger partial charge in [-0.2, -0.15) is 8.42 Å². The van der Waals surface area contributed by atoms with Crippen molar-refractivity contribution in [3.05, 3.63) is 90.5 Å². The molecule has 0 aromatic heterocycles. The van der Waals surface area contributed by atoms with Crippen LogP contribution < -0.4 is 10.4 Å². The largest absolute Gasteiger partial charge is 0.405 e. The third-order valence-corrected chi connectivity index (χ3v) is 14.3. The van der Waals surface area contributed by atoms with Gasteiger partial charge in [0.05, 0.1) is 11.5 Å². The van der Waals surface area contributed by atoms with Gasteiger partial charge in [-0.3, -0.25) is 4.18 Å². The molecule has 2 fully saturated rings. The number of rotatable bonds is 8. The van der Waals surface area contributed by atoms with Gasteiger partial charge in [0.15, 0.2) is 12.1 Å². The highest BCUT2D eigenvalue weighted by Gasteiger charge is 2.65. The minimum absolute atomic E-state index is 0.0694. The van der Waals surface area contributed by atoms with Crippen molar-refractivity contribution < 1.29 is 31.2 Å². The Labute approximate surface area is 245 Å². The Hall–Kier alpha value is -2.37. The molecule has 220 valence electrons. The van der Waals surface area contributed by atoms with Crippen molar-refractivity contribution in [2.45, 2.75) is 88.3 Å². The van der Waals surface area contributed by atoms with E-state index >= 15 is 0 Å². The molecule has 0 unspecified atom stereocenters. The number of hydrogen-bond donors (Lipinski definition) is 0. The first-order valence-electron chi connectivity index (χ1n) is 14.0. The van der Waals surface area contributed by atoms with Crippen LogP contribution in [0.4, 0.5) is 0 Å². The molecule has 0 aliphatic carbocycles. The van der Waals surface area contributed by atoms with Crippen LogP contribution in [0, 0.1) is 6.92 Å². The predicted octanol–water partition coefficient (Wildman–Crippen LogP) is 4.91. The Morgan fingerprint density at radius 2 is 1.39 bits per heavy atom. The monoisotopic (exact) mass is 596 g/mol. The molecular formula is C32H40O7SSi. The number of benzene rings is 3. The first-order chi connectivity index (χ1) is 19.2. The molecule has 0 N–H and O–H groups in total. The van der Waals surface area contributed by atoms with E-state index < -0.39 is 48.3 Å². The molecule has 7 nitrogen and oxygen atoms in total. The first kappa shape index (κ1) is 30.1. The topological polar surface area (TPSA) is 80.3 Å². The van der Waals surface area contributed by atoms with Gasteiger partial charge in [-0.05, 0) is 55.2 Å². The molecule has 2 saturated heterocycles. The van der Waals surface area contributed by atoms with Crippen LogP contribution >= 0.6 is 0 Å². The zero-order valence-electron chi connectivity index (χ0n) is 24.8. The molecule has 2 aliphatic rings. The minimum atomic E-state index is -4.15. The van der Waals surface area contributed by atoms with E-state index in [0.29, 0.717) is 0 Å². The van der Waals surface area contributed by atoms with Crippen LogP contribution in [-0.4, -0.2) is 53.2 Å². The van der Waals surface area contributed by atoms with Crippen LogP contribution in [-0.2, 0) is 32.9 Å². The highest BCUT2D eigenvalue weighted by molar-refractivity contribution is 7.86. The molecule has 4 atom stereocenters. The van der Waals surface area contributed by atoms with Crippen molar-refractivity contribution in [3.63, 3.8) is 0 Å². The second kappa shape index (κ2) is 10.7. The van der Waals surface area contributed by atoms with Crippen molar-refractivity contribution in [2.24, 2.45) is 0 Å². The molecule has 0 radical (unpaired) electrons. The number of ether oxygens (including phenoxy) is 3. The maximum atomic E-state index is 13.5. The first-order valence-corrected chi connectivity index (χ1v) is 17.3. The van der Waals surface area contributed by atoms with Crippen LogP contribution in [0.15, 0.2) is 89.8 Å². The van der Waals surface area contributed by atoms with E-state index in [1.165, 1.54) is 0 Å². The summed E-state index contributed by atoms with van der Waals surface area (Å²) in [6, 6.07) is 27.1. The predicted molar refractivity (Wildman–Crippen MR) is 160 cm³/mol. The third kappa shape index (κ3) is 5.57. The van der Waals surface area contributed by atoms with Crippen LogP contribution in [0.5, 0.6) is 0 Å². The van der Waals surface area contributed by atoms with Crippen LogP contribution in [0.3, 0.4) is 0 Å². The Morgan fingerprint density at radius 1 is 0.854 bits per heavy atom. The second-order valence-electron chi connectivity index (χ2n) is 12.6. The minimum Gasteiger partial charge on any atom is -0.405 e. The Balaban J connectivity index is 1.53. The van der Waals surface area contributed by atoms with E-state index in [-0.39, 0.29) is 16.5 Å². The van der Waals surface area contributed by atoms with Crippen molar-refractivity contribution in [1.29, 1.82) is 0 Å².